The molecule has 0 aromatic heterocycles. The van der Waals surface area contributed by atoms with E-state index >= 15 is 0 Å². The maximum Gasteiger partial charge on any atom is 0.387 e. The zero-order valence-corrected chi connectivity index (χ0v) is 19.6. The number of thioether (sulfide) groups is 1. The minimum atomic E-state index is -2.94. The van der Waals surface area contributed by atoms with Gasteiger partial charge in [-0.2, -0.15) is 8.78 Å². The molecule has 3 rings (SSSR count). The molecule has 1 aliphatic rings. The summed E-state index contributed by atoms with van der Waals surface area (Å²) in [6, 6.07) is 9.65. The van der Waals surface area contributed by atoms with Gasteiger partial charge in [-0.05, 0) is 42.8 Å². The second-order valence-electron chi connectivity index (χ2n) is 7.26. The third-order valence-electron chi connectivity index (χ3n) is 4.80. The Labute approximate surface area is 203 Å². The standard InChI is InChI=1S/C22H22F2N4O6S/c1-3-10-27-20(30)18(35-22(27)25-13-4-6-14(7-5-13)34-21(23)24)12-19(29)26-16-9-8-15(33-2)11-17(16)28(31)32/h4-9,11,18,21H,3,10,12H2,1-2H3,(H,26,29)/t18-/m1/s1. The Kier molecular flexibility index (Phi) is 8.58. The van der Waals surface area contributed by atoms with Crippen molar-refractivity contribution in [1.29, 1.82) is 0 Å². The third-order valence-corrected chi connectivity index (χ3v) is 5.98. The van der Waals surface area contributed by atoms with Crippen LogP contribution in [0.1, 0.15) is 19.8 Å². The largest absolute Gasteiger partial charge is 0.496 e. The number of halogens is 2. The maximum atomic E-state index is 12.9. The third kappa shape index (κ3) is 6.66. The highest BCUT2D eigenvalue weighted by atomic mass is 32.2. The number of hydrogen-bond acceptors (Lipinski definition) is 8. The van der Waals surface area contributed by atoms with Gasteiger partial charge in [0.15, 0.2) is 5.17 Å². The van der Waals surface area contributed by atoms with Crippen LogP contribution in [0.2, 0.25) is 0 Å². The Hall–Kier alpha value is -3.74. The second-order valence-corrected chi connectivity index (χ2v) is 8.43. The van der Waals surface area contributed by atoms with Gasteiger partial charge in [-0.25, -0.2) is 4.99 Å². The molecular formula is C22H22F2N4O6S. The van der Waals surface area contributed by atoms with E-state index in [9.17, 15) is 28.5 Å². The number of nitro benzene ring substituents is 1. The molecule has 35 heavy (non-hydrogen) atoms. The summed E-state index contributed by atoms with van der Waals surface area (Å²) in [5.74, 6) is -0.643. The molecule has 0 unspecified atom stereocenters. The van der Waals surface area contributed by atoms with Crippen molar-refractivity contribution in [2.75, 3.05) is 19.0 Å². The summed E-state index contributed by atoms with van der Waals surface area (Å²) in [6.45, 7) is -0.685. The van der Waals surface area contributed by atoms with Crippen molar-refractivity contribution in [2.24, 2.45) is 4.99 Å². The Morgan fingerprint density at radius 3 is 2.54 bits per heavy atom. The molecule has 2 aromatic rings. The van der Waals surface area contributed by atoms with Crippen molar-refractivity contribution in [2.45, 2.75) is 31.6 Å². The number of carbonyl (C=O) groups is 2. The summed E-state index contributed by atoms with van der Waals surface area (Å²) in [7, 11) is 1.37. The van der Waals surface area contributed by atoms with E-state index < -0.39 is 22.7 Å². The summed E-state index contributed by atoms with van der Waals surface area (Å²) in [6.07, 6.45) is 0.413. The molecule has 10 nitrogen and oxygen atoms in total. The number of hydrogen-bond donors (Lipinski definition) is 1. The topological polar surface area (TPSA) is 123 Å². The van der Waals surface area contributed by atoms with Gasteiger partial charge in [-0.1, -0.05) is 18.7 Å². The number of anilines is 1. The van der Waals surface area contributed by atoms with Crippen molar-refractivity contribution in [3.63, 3.8) is 0 Å². The zero-order valence-electron chi connectivity index (χ0n) is 18.8. The molecule has 186 valence electrons. The van der Waals surface area contributed by atoms with E-state index in [1.807, 2.05) is 6.92 Å². The predicted octanol–water partition coefficient (Wildman–Crippen LogP) is 4.58. The van der Waals surface area contributed by atoms with Crippen molar-refractivity contribution in [3.05, 3.63) is 52.6 Å². The van der Waals surface area contributed by atoms with Gasteiger partial charge >= 0.3 is 6.61 Å². The molecule has 0 saturated carbocycles. The SMILES string of the molecule is CCCN1C(=O)[C@@H](CC(=O)Nc2ccc(OC)cc2[N+](=O)[O-])SC1=Nc1ccc(OC(F)F)cc1. The molecule has 1 fully saturated rings. The first-order valence-corrected chi connectivity index (χ1v) is 11.3. The number of nitrogens with zero attached hydrogens (tertiary/aromatic N) is 3. The van der Waals surface area contributed by atoms with Crippen molar-refractivity contribution < 1.29 is 32.8 Å². The average molecular weight is 509 g/mol. The number of ether oxygens (including phenoxy) is 2. The molecule has 1 heterocycles. The maximum absolute atomic E-state index is 12.9. The number of alkyl halides is 2. The van der Waals surface area contributed by atoms with Gasteiger partial charge in [-0.15, -0.1) is 0 Å². The van der Waals surface area contributed by atoms with Crippen LogP contribution in [0.15, 0.2) is 47.5 Å². The lowest BCUT2D eigenvalue weighted by Gasteiger charge is -2.15. The van der Waals surface area contributed by atoms with Gasteiger partial charge in [0.2, 0.25) is 11.8 Å². The minimum absolute atomic E-state index is 0.0124. The molecule has 0 radical (unpaired) electrons. The van der Waals surface area contributed by atoms with Crippen LogP contribution in [-0.2, 0) is 9.59 Å². The van der Waals surface area contributed by atoms with Crippen LogP contribution in [0.25, 0.3) is 0 Å². The number of nitro groups is 1. The zero-order chi connectivity index (χ0) is 25.5. The predicted molar refractivity (Wildman–Crippen MR) is 126 cm³/mol. The summed E-state index contributed by atoms with van der Waals surface area (Å²) < 4.78 is 34.0. The van der Waals surface area contributed by atoms with Crippen molar-refractivity contribution in [3.8, 4) is 11.5 Å². The number of amidine groups is 1. The number of aliphatic imine (C=N–C) groups is 1. The smallest absolute Gasteiger partial charge is 0.387 e. The number of amides is 2. The Morgan fingerprint density at radius 2 is 1.94 bits per heavy atom. The molecule has 1 aliphatic heterocycles. The molecule has 0 spiro atoms. The van der Waals surface area contributed by atoms with E-state index in [0.29, 0.717) is 23.8 Å². The fourth-order valence-corrected chi connectivity index (χ4v) is 4.42. The van der Waals surface area contributed by atoms with E-state index in [-0.39, 0.29) is 35.2 Å². The summed E-state index contributed by atoms with van der Waals surface area (Å²) >= 11 is 1.09. The van der Waals surface area contributed by atoms with Gasteiger partial charge < -0.3 is 14.8 Å². The highest BCUT2D eigenvalue weighted by Crippen LogP contribution is 2.34. The molecule has 1 saturated heterocycles. The first-order valence-electron chi connectivity index (χ1n) is 10.5. The van der Waals surface area contributed by atoms with E-state index in [1.54, 1.807) is 0 Å². The fraction of sp³-hybridized carbons (Fsp3) is 0.318. The molecule has 1 atom stereocenters. The van der Waals surface area contributed by atoms with Crippen LogP contribution in [-0.4, -0.2) is 52.3 Å². The van der Waals surface area contributed by atoms with Crippen molar-refractivity contribution in [1.82, 2.24) is 4.90 Å². The molecule has 2 amide bonds. The second kappa shape index (κ2) is 11.6. The number of benzene rings is 2. The first-order chi connectivity index (χ1) is 16.7. The lowest BCUT2D eigenvalue weighted by atomic mass is 10.2. The van der Waals surface area contributed by atoms with Crippen LogP contribution >= 0.6 is 11.8 Å². The number of methoxy groups -OCH3 is 1. The van der Waals surface area contributed by atoms with Gasteiger partial charge in [0, 0.05) is 13.0 Å². The average Bonchev–Trinajstić information content (AvgIpc) is 3.09. The molecule has 1 N–H and O–H groups in total. The lowest BCUT2D eigenvalue weighted by Crippen LogP contribution is -2.34. The van der Waals surface area contributed by atoms with Crippen LogP contribution in [0, 0.1) is 10.1 Å². The summed E-state index contributed by atoms with van der Waals surface area (Å²) in [5.41, 5.74) is 0.0702. The van der Waals surface area contributed by atoms with Crippen LogP contribution in [0.4, 0.5) is 25.8 Å². The number of rotatable bonds is 10. The van der Waals surface area contributed by atoms with E-state index in [2.05, 4.69) is 15.0 Å². The summed E-state index contributed by atoms with van der Waals surface area (Å²) in [4.78, 5) is 42.2. The monoisotopic (exact) mass is 508 g/mol. The van der Waals surface area contributed by atoms with E-state index in [1.165, 1.54) is 54.5 Å². The highest BCUT2D eigenvalue weighted by Gasteiger charge is 2.39. The molecule has 0 bridgehead atoms. The van der Waals surface area contributed by atoms with Crippen molar-refractivity contribution >= 4 is 45.8 Å². The quantitative estimate of drug-likeness (QED) is 0.368. The number of nitrogens with one attached hydrogen (secondary N) is 1. The lowest BCUT2D eigenvalue weighted by molar-refractivity contribution is -0.384. The Morgan fingerprint density at radius 1 is 1.26 bits per heavy atom. The number of carbonyl (C=O) groups excluding carboxylic acids is 2. The fourth-order valence-electron chi connectivity index (χ4n) is 3.23. The van der Waals surface area contributed by atoms with Crippen LogP contribution in [0.5, 0.6) is 11.5 Å². The Bertz CT molecular complexity index is 1130. The van der Waals surface area contributed by atoms with E-state index in [0.717, 1.165) is 11.8 Å². The van der Waals surface area contributed by atoms with E-state index in [4.69, 9.17) is 4.74 Å². The summed E-state index contributed by atoms with van der Waals surface area (Å²) in [5, 5.41) is 13.4. The highest BCUT2D eigenvalue weighted by molar-refractivity contribution is 8.15. The van der Waals surface area contributed by atoms with Crippen LogP contribution < -0.4 is 14.8 Å². The van der Waals surface area contributed by atoms with Gasteiger partial charge in [0.05, 0.1) is 23.8 Å². The first kappa shape index (κ1) is 25.9. The van der Waals surface area contributed by atoms with Gasteiger partial charge in [0.25, 0.3) is 5.69 Å². The van der Waals surface area contributed by atoms with Gasteiger partial charge in [-0.3, -0.25) is 24.6 Å². The molecule has 0 aliphatic carbocycles. The molecule has 13 heteroatoms. The van der Waals surface area contributed by atoms with Gasteiger partial charge in [0.1, 0.15) is 22.4 Å². The normalized spacial score (nSPS) is 16.6. The molecular weight excluding hydrogens is 486 g/mol. The molecule has 2 aromatic carbocycles. The minimum Gasteiger partial charge on any atom is -0.496 e. The Balaban J connectivity index is 1.74. The van der Waals surface area contributed by atoms with Crippen LogP contribution in [0.3, 0.4) is 0 Å².